The Balaban J connectivity index is 1.78. The number of esters is 1. The maximum atomic E-state index is 12.8. The molecule has 0 unspecified atom stereocenters. The van der Waals surface area contributed by atoms with Crippen LogP contribution < -0.4 is 15.2 Å². The topological polar surface area (TPSA) is 138 Å². The summed E-state index contributed by atoms with van der Waals surface area (Å²) < 4.78 is 31.7. The molecule has 0 bridgehead atoms. The van der Waals surface area contributed by atoms with E-state index in [0.29, 0.717) is 16.6 Å². The number of thiophene rings is 1. The van der Waals surface area contributed by atoms with Crippen molar-refractivity contribution in [2.45, 2.75) is 17.6 Å². The van der Waals surface area contributed by atoms with Crippen LogP contribution in [0.3, 0.4) is 0 Å². The minimum absolute atomic E-state index is 0.0980. The first kappa shape index (κ1) is 22.3. The van der Waals surface area contributed by atoms with Crippen LogP contribution in [0.4, 0.5) is 5.69 Å². The lowest BCUT2D eigenvalue weighted by atomic mass is 10.2. The average Bonchev–Trinajstić information content (AvgIpc) is 3.41. The number of ether oxygens (including phenoxy) is 1. The summed E-state index contributed by atoms with van der Waals surface area (Å²) in [6.45, 7) is 1.76. The number of hydrazine groups is 1. The van der Waals surface area contributed by atoms with Gasteiger partial charge in [0.25, 0.3) is 15.9 Å². The van der Waals surface area contributed by atoms with Gasteiger partial charge in [-0.3, -0.25) is 29.5 Å². The third-order valence-corrected chi connectivity index (χ3v) is 7.40. The summed E-state index contributed by atoms with van der Waals surface area (Å²) in [5, 5.41) is 2.28. The smallest absolute Gasteiger partial charge is 0.315 e. The third-order valence-electron chi connectivity index (χ3n) is 4.25. The highest BCUT2D eigenvalue weighted by Crippen LogP contribution is 2.31. The number of sulfonamides is 1. The molecular weight excluding hydrogens is 444 g/mol. The van der Waals surface area contributed by atoms with Crippen molar-refractivity contribution in [1.82, 2.24) is 15.8 Å². The first-order chi connectivity index (χ1) is 14.7. The second kappa shape index (κ2) is 9.18. The Morgan fingerprint density at radius 1 is 1.16 bits per heavy atom. The molecule has 1 aromatic carbocycles. The molecule has 2 heterocycles. The predicted octanol–water partition coefficient (Wildman–Crippen LogP) is 1.77. The fourth-order valence-electron chi connectivity index (χ4n) is 2.78. The number of nitrogens with one attached hydrogen (secondary N) is 3. The van der Waals surface area contributed by atoms with Crippen LogP contribution in [0.1, 0.15) is 23.8 Å². The fourth-order valence-corrected chi connectivity index (χ4v) is 5.15. The van der Waals surface area contributed by atoms with Gasteiger partial charge in [0.1, 0.15) is 16.3 Å². The van der Waals surface area contributed by atoms with E-state index in [-0.39, 0.29) is 16.5 Å². The van der Waals surface area contributed by atoms with E-state index in [1.165, 1.54) is 19.2 Å². The fraction of sp³-hybridized carbons (Fsp3) is 0.211. The van der Waals surface area contributed by atoms with Crippen molar-refractivity contribution in [2.75, 3.05) is 18.0 Å². The molecule has 12 heteroatoms. The van der Waals surface area contributed by atoms with E-state index >= 15 is 0 Å². The highest BCUT2D eigenvalue weighted by molar-refractivity contribution is 7.94. The number of H-pyrrole nitrogens is 1. The van der Waals surface area contributed by atoms with Crippen molar-refractivity contribution in [3.8, 4) is 0 Å². The lowest BCUT2D eigenvalue weighted by molar-refractivity contribution is -0.146. The lowest BCUT2D eigenvalue weighted by Crippen LogP contribution is -2.42. The van der Waals surface area contributed by atoms with Gasteiger partial charge >= 0.3 is 5.97 Å². The molecule has 164 valence electrons. The van der Waals surface area contributed by atoms with Crippen molar-refractivity contribution < 1.29 is 27.5 Å². The third kappa shape index (κ3) is 4.86. The van der Waals surface area contributed by atoms with Crippen LogP contribution in [-0.4, -0.2) is 44.8 Å². The predicted molar refractivity (Wildman–Crippen MR) is 115 cm³/mol. The van der Waals surface area contributed by atoms with E-state index < -0.39 is 34.2 Å². The van der Waals surface area contributed by atoms with Gasteiger partial charge < -0.3 is 9.72 Å². The second-order valence-corrected chi connectivity index (χ2v) is 9.46. The first-order valence-corrected chi connectivity index (χ1v) is 11.4. The van der Waals surface area contributed by atoms with Gasteiger partial charge in [0.15, 0.2) is 0 Å². The summed E-state index contributed by atoms with van der Waals surface area (Å²) in [5.41, 5.74) is 5.23. The molecule has 0 spiro atoms. The molecule has 2 amide bonds. The van der Waals surface area contributed by atoms with Gasteiger partial charge in [-0.05, 0) is 30.5 Å². The van der Waals surface area contributed by atoms with Crippen LogP contribution in [0, 0.1) is 0 Å². The highest BCUT2D eigenvalue weighted by Gasteiger charge is 2.24. The SMILES string of the molecule is CCOC(=O)CC(=O)NNC(=O)c1cc2cccc(N(C)S(=O)(=O)c3cccs3)c2[nH]1. The summed E-state index contributed by atoms with van der Waals surface area (Å²) in [6.07, 6.45) is -0.531. The Labute approximate surface area is 182 Å². The summed E-state index contributed by atoms with van der Waals surface area (Å²) in [4.78, 5) is 38.3. The number of hydrogen-bond donors (Lipinski definition) is 3. The molecule has 0 saturated heterocycles. The minimum atomic E-state index is -3.76. The minimum Gasteiger partial charge on any atom is -0.466 e. The molecule has 0 atom stereocenters. The summed E-state index contributed by atoms with van der Waals surface area (Å²) in [7, 11) is -2.33. The van der Waals surface area contributed by atoms with E-state index in [1.807, 2.05) is 0 Å². The zero-order valence-corrected chi connectivity index (χ0v) is 18.3. The number of rotatable bonds is 7. The van der Waals surface area contributed by atoms with Crippen molar-refractivity contribution in [1.29, 1.82) is 0 Å². The Hall–Kier alpha value is -3.38. The molecule has 2 aromatic heterocycles. The van der Waals surface area contributed by atoms with E-state index in [4.69, 9.17) is 0 Å². The molecule has 10 nitrogen and oxygen atoms in total. The maximum absolute atomic E-state index is 12.8. The zero-order valence-electron chi connectivity index (χ0n) is 16.7. The Bertz CT molecular complexity index is 1220. The monoisotopic (exact) mass is 464 g/mol. The van der Waals surface area contributed by atoms with Gasteiger partial charge in [-0.1, -0.05) is 18.2 Å². The first-order valence-electron chi connectivity index (χ1n) is 9.13. The van der Waals surface area contributed by atoms with Crippen LogP contribution in [0.25, 0.3) is 10.9 Å². The van der Waals surface area contributed by atoms with Crippen LogP contribution >= 0.6 is 11.3 Å². The number of carbonyl (C=O) groups excluding carboxylic acids is 3. The van der Waals surface area contributed by atoms with Crippen LogP contribution in [-0.2, 0) is 24.3 Å². The van der Waals surface area contributed by atoms with Gasteiger partial charge in [-0.15, -0.1) is 11.3 Å². The standard InChI is InChI=1S/C19H20N4O6S2/c1-3-29-16(25)11-15(24)21-22-19(26)13-10-12-6-4-7-14(18(12)20-13)23(2)31(27,28)17-8-5-9-30-17/h4-10,20H,3,11H2,1-2H3,(H,21,24)(H,22,26). The maximum Gasteiger partial charge on any atom is 0.315 e. The Morgan fingerprint density at radius 3 is 2.61 bits per heavy atom. The van der Waals surface area contributed by atoms with Gasteiger partial charge in [0.05, 0.1) is 17.8 Å². The second-order valence-electron chi connectivity index (χ2n) is 6.31. The van der Waals surface area contributed by atoms with Crippen molar-refractivity contribution in [3.05, 3.63) is 47.5 Å². The molecule has 3 N–H and O–H groups in total. The molecule has 0 aliphatic carbocycles. The van der Waals surface area contributed by atoms with Gasteiger partial charge in [0.2, 0.25) is 5.91 Å². The van der Waals surface area contributed by atoms with Crippen molar-refractivity contribution in [2.24, 2.45) is 0 Å². The number of aromatic nitrogens is 1. The van der Waals surface area contributed by atoms with E-state index in [1.54, 1.807) is 36.6 Å². The van der Waals surface area contributed by atoms with Crippen LogP contribution in [0.15, 0.2) is 46.0 Å². The number of para-hydroxylation sites is 1. The van der Waals surface area contributed by atoms with Crippen molar-refractivity contribution in [3.63, 3.8) is 0 Å². The number of hydrogen-bond acceptors (Lipinski definition) is 7. The van der Waals surface area contributed by atoms with E-state index in [9.17, 15) is 22.8 Å². The molecule has 0 radical (unpaired) electrons. The lowest BCUT2D eigenvalue weighted by Gasteiger charge is -2.19. The van der Waals surface area contributed by atoms with Crippen LogP contribution in [0.2, 0.25) is 0 Å². The van der Waals surface area contributed by atoms with Gasteiger partial charge in [0, 0.05) is 12.4 Å². The normalized spacial score (nSPS) is 11.2. The molecule has 31 heavy (non-hydrogen) atoms. The largest absolute Gasteiger partial charge is 0.466 e. The number of carbonyl (C=O) groups is 3. The highest BCUT2D eigenvalue weighted by atomic mass is 32.2. The molecule has 0 saturated carbocycles. The number of fused-ring (bicyclic) bond motifs is 1. The molecular formula is C19H20N4O6S2. The molecule has 0 aliphatic rings. The van der Waals surface area contributed by atoms with Gasteiger partial charge in [-0.2, -0.15) is 0 Å². The number of nitrogens with zero attached hydrogens (tertiary/aromatic N) is 1. The number of aromatic amines is 1. The van der Waals surface area contributed by atoms with Crippen molar-refractivity contribution >= 4 is 55.7 Å². The Morgan fingerprint density at radius 2 is 1.94 bits per heavy atom. The zero-order chi connectivity index (χ0) is 22.6. The molecule has 0 aliphatic heterocycles. The molecule has 3 aromatic rings. The Kier molecular flexibility index (Phi) is 6.61. The average molecular weight is 465 g/mol. The molecule has 0 fully saturated rings. The molecule has 3 rings (SSSR count). The quantitative estimate of drug-likeness (QED) is 0.277. The summed E-state index contributed by atoms with van der Waals surface area (Å²) >= 11 is 1.11. The number of amides is 2. The summed E-state index contributed by atoms with van der Waals surface area (Å²) in [5.74, 6) is -2.10. The number of anilines is 1. The van der Waals surface area contributed by atoms with E-state index in [0.717, 1.165) is 15.6 Å². The summed E-state index contributed by atoms with van der Waals surface area (Å²) in [6, 6.07) is 9.71. The van der Waals surface area contributed by atoms with E-state index in [2.05, 4.69) is 20.6 Å². The number of benzene rings is 1. The van der Waals surface area contributed by atoms with Gasteiger partial charge in [-0.25, -0.2) is 8.42 Å². The van der Waals surface area contributed by atoms with Crippen LogP contribution in [0.5, 0.6) is 0 Å².